The fourth-order valence-electron chi connectivity index (χ4n) is 7.42. The first-order valence-corrected chi connectivity index (χ1v) is 26.7. The van der Waals surface area contributed by atoms with Crippen molar-refractivity contribution in [3.63, 3.8) is 0 Å². The van der Waals surface area contributed by atoms with Crippen LogP contribution in [-0.2, 0) is 18.4 Å². The van der Waals surface area contributed by atoms with Gasteiger partial charge < -0.3 is 26.2 Å². The van der Waals surface area contributed by atoms with Crippen LogP contribution in [0, 0.1) is 0 Å². The van der Waals surface area contributed by atoms with Gasteiger partial charge >= 0.3 is 7.82 Å². The molecule has 0 heterocycles. The highest BCUT2D eigenvalue weighted by molar-refractivity contribution is 7.47. The van der Waals surface area contributed by atoms with E-state index in [-0.39, 0.29) is 19.6 Å². The van der Waals surface area contributed by atoms with Crippen molar-refractivity contribution in [3.8, 4) is 0 Å². The molecule has 0 aliphatic rings. The molecule has 0 aromatic rings. The lowest BCUT2D eigenvalue weighted by molar-refractivity contribution is -0.124. The second kappa shape index (κ2) is 45.7. The molecule has 0 rings (SSSR count). The van der Waals surface area contributed by atoms with E-state index in [2.05, 4.69) is 43.5 Å². The largest absolute Gasteiger partial charge is 0.472 e. The van der Waals surface area contributed by atoms with Gasteiger partial charge in [-0.2, -0.15) is 0 Å². The van der Waals surface area contributed by atoms with Crippen LogP contribution in [-0.4, -0.2) is 59.0 Å². The number of unbranched alkanes of at least 4 members (excludes halogenated alkanes) is 29. The van der Waals surface area contributed by atoms with Gasteiger partial charge in [-0.1, -0.05) is 211 Å². The second-order valence-corrected chi connectivity index (χ2v) is 18.7. The van der Waals surface area contributed by atoms with E-state index in [4.69, 9.17) is 14.8 Å². The van der Waals surface area contributed by atoms with Gasteiger partial charge in [-0.3, -0.25) is 13.8 Å². The number of nitrogens with two attached hydrogens (primary N) is 1. The van der Waals surface area contributed by atoms with Crippen molar-refractivity contribution < 1.29 is 33.5 Å². The summed E-state index contributed by atoms with van der Waals surface area (Å²) in [5, 5.41) is 24.1. The van der Waals surface area contributed by atoms with Gasteiger partial charge in [0.05, 0.1) is 37.9 Å². The normalized spacial score (nSPS) is 14.7. The van der Waals surface area contributed by atoms with Gasteiger partial charge in [0.1, 0.15) is 0 Å². The fraction of sp³-hybridized carbons (Fsp3) is 0.860. The van der Waals surface area contributed by atoms with E-state index in [1.165, 1.54) is 161 Å². The number of allylic oxidation sites excluding steroid dienone is 5. The molecule has 0 saturated heterocycles. The van der Waals surface area contributed by atoms with Crippen LogP contribution < -0.4 is 11.1 Å². The van der Waals surface area contributed by atoms with Gasteiger partial charge in [-0.25, -0.2) is 4.57 Å². The molecule has 0 aliphatic heterocycles. The van der Waals surface area contributed by atoms with E-state index in [0.29, 0.717) is 12.8 Å². The van der Waals surface area contributed by atoms with Crippen molar-refractivity contribution in [3.05, 3.63) is 36.5 Å². The first kappa shape index (κ1) is 58.7. The molecule has 0 aromatic heterocycles. The highest BCUT2D eigenvalue weighted by Crippen LogP contribution is 2.43. The summed E-state index contributed by atoms with van der Waals surface area (Å²) in [4.78, 5) is 22.8. The van der Waals surface area contributed by atoms with Gasteiger partial charge in [-0.15, -0.1) is 0 Å². The third-order valence-electron chi connectivity index (χ3n) is 11.2. The van der Waals surface area contributed by atoms with Crippen molar-refractivity contribution in [2.45, 2.75) is 257 Å². The van der Waals surface area contributed by atoms with E-state index in [9.17, 15) is 24.5 Å². The molecule has 4 atom stereocenters. The summed E-state index contributed by atoms with van der Waals surface area (Å²) in [6.07, 6.45) is 52.4. The predicted octanol–water partition coefficient (Wildman–Crippen LogP) is 13.6. The zero-order chi connectivity index (χ0) is 44.0. The standard InChI is InChI=1S/C50H97N2O7P/c1-3-5-7-9-11-13-15-17-19-21-22-23-24-26-28-30-32-34-36-38-40-42-49(54)48(46-59-60(56,57)58-44-43-51)52-50(55)45-47(53)41-39-37-35-33-31-29-27-25-20-18-16-14-12-10-8-6-4-2/h25,27,32,34,40,42,47-49,53-54H,3-24,26,28-31,33,35-39,41,43-46,51H2,1-2H3,(H,52,55)(H,56,57)/b27-25-,34-32+,42-40+. The summed E-state index contributed by atoms with van der Waals surface area (Å²) < 4.78 is 22.1. The SMILES string of the molecule is CCCCCCCCCC/C=C\CCCCCCCC(O)CC(=O)NC(COP(=O)(O)OCCN)C(O)/C=C/CC/C=C/CCCCCCCCCCCCCCCCC. The lowest BCUT2D eigenvalue weighted by atomic mass is 10.0. The van der Waals surface area contributed by atoms with Crippen LogP contribution in [0.1, 0.15) is 239 Å². The van der Waals surface area contributed by atoms with Crippen LogP contribution in [0.25, 0.3) is 0 Å². The van der Waals surface area contributed by atoms with Crippen molar-refractivity contribution in [1.82, 2.24) is 5.32 Å². The van der Waals surface area contributed by atoms with Crippen LogP contribution in [0.4, 0.5) is 0 Å². The quantitative estimate of drug-likeness (QED) is 0.0230. The summed E-state index contributed by atoms with van der Waals surface area (Å²) in [6, 6.07) is -1.00. The molecule has 0 fully saturated rings. The first-order valence-electron chi connectivity index (χ1n) is 25.2. The summed E-state index contributed by atoms with van der Waals surface area (Å²) in [7, 11) is -4.41. The van der Waals surface area contributed by atoms with Gasteiger partial charge in [0.15, 0.2) is 0 Å². The van der Waals surface area contributed by atoms with Crippen LogP contribution in [0.2, 0.25) is 0 Å². The minimum Gasteiger partial charge on any atom is -0.393 e. The monoisotopic (exact) mass is 869 g/mol. The molecule has 0 aliphatic carbocycles. The fourth-order valence-corrected chi connectivity index (χ4v) is 8.18. The number of hydrogen-bond acceptors (Lipinski definition) is 7. The van der Waals surface area contributed by atoms with Gasteiger partial charge in [0.25, 0.3) is 0 Å². The summed E-state index contributed by atoms with van der Waals surface area (Å²) in [5.41, 5.74) is 5.38. The molecule has 1 amide bonds. The number of nitrogens with one attached hydrogen (secondary N) is 1. The lowest BCUT2D eigenvalue weighted by Crippen LogP contribution is -2.46. The average Bonchev–Trinajstić information content (AvgIpc) is 3.23. The van der Waals surface area contributed by atoms with Crippen molar-refractivity contribution >= 4 is 13.7 Å². The number of rotatable bonds is 47. The molecule has 6 N–H and O–H groups in total. The first-order chi connectivity index (χ1) is 29.3. The topological polar surface area (TPSA) is 151 Å². The minimum absolute atomic E-state index is 0.0437. The van der Waals surface area contributed by atoms with Crippen molar-refractivity contribution in [2.24, 2.45) is 5.73 Å². The molecular formula is C50H97N2O7P. The number of carbonyl (C=O) groups excluding carboxylic acids is 1. The molecule has 0 spiro atoms. The molecule has 60 heavy (non-hydrogen) atoms. The molecule has 0 saturated carbocycles. The Morgan fingerprint density at radius 2 is 0.950 bits per heavy atom. The number of phosphoric acid groups is 1. The maximum atomic E-state index is 12.9. The summed E-state index contributed by atoms with van der Waals surface area (Å²) >= 11 is 0. The summed E-state index contributed by atoms with van der Waals surface area (Å²) in [5.74, 6) is -0.459. The predicted molar refractivity (Wildman–Crippen MR) is 255 cm³/mol. The molecule has 354 valence electrons. The van der Waals surface area contributed by atoms with Crippen LogP contribution in [0.5, 0.6) is 0 Å². The molecular weight excluding hydrogens is 772 g/mol. The zero-order valence-electron chi connectivity index (χ0n) is 39.1. The highest BCUT2D eigenvalue weighted by Gasteiger charge is 2.27. The van der Waals surface area contributed by atoms with Gasteiger partial charge in [-0.05, 0) is 57.8 Å². The van der Waals surface area contributed by atoms with Crippen LogP contribution in [0.3, 0.4) is 0 Å². The Morgan fingerprint density at radius 3 is 1.38 bits per heavy atom. The number of hydrogen-bond donors (Lipinski definition) is 5. The number of phosphoric ester groups is 1. The number of aliphatic hydroxyl groups is 2. The molecule has 10 heteroatoms. The van der Waals surface area contributed by atoms with Crippen molar-refractivity contribution in [2.75, 3.05) is 19.8 Å². The van der Waals surface area contributed by atoms with E-state index < -0.39 is 38.6 Å². The highest BCUT2D eigenvalue weighted by atomic mass is 31.2. The van der Waals surface area contributed by atoms with E-state index in [1.54, 1.807) is 6.08 Å². The second-order valence-electron chi connectivity index (χ2n) is 17.2. The Bertz CT molecular complexity index is 1060. The van der Waals surface area contributed by atoms with Crippen molar-refractivity contribution in [1.29, 1.82) is 0 Å². The molecule has 0 radical (unpaired) electrons. The van der Waals surface area contributed by atoms with E-state index in [1.807, 2.05) is 6.08 Å². The Morgan fingerprint density at radius 1 is 0.567 bits per heavy atom. The van der Waals surface area contributed by atoms with Gasteiger partial charge in [0.2, 0.25) is 5.91 Å². The minimum atomic E-state index is -4.41. The van der Waals surface area contributed by atoms with E-state index >= 15 is 0 Å². The van der Waals surface area contributed by atoms with E-state index in [0.717, 1.165) is 44.9 Å². The Hall–Kier alpha value is -1.32. The molecule has 9 nitrogen and oxygen atoms in total. The molecule has 4 unspecified atom stereocenters. The maximum absolute atomic E-state index is 12.9. The Kier molecular flexibility index (Phi) is 44.7. The number of amides is 1. The maximum Gasteiger partial charge on any atom is 0.472 e. The zero-order valence-corrected chi connectivity index (χ0v) is 40.0. The molecule has 0 aromatic carbocycles. The number of carbonyl (C=O) groups is 1. The third-order valence-corrected chi connectivity index (χ3v) is 12.2. The summed E-state index contributed by atoms with van der Waals surface area (Å²) in [6.45, 7) is 3.97. The third kappa shape index (κ3) is 43.3. The van der Waals surface area contributed by atoms with Crippen LogP contribution in [0.15, 0.2) is 36.5 Å². The number of aliphatic hydroxyl groups excluding tert-OH is 2. The average molecular weight is 869 g/mol. The molecule has 0 bridgehead atoms. The Balaban J connectivity index is 4.27. The smallest absolute Gasteiger partial charge is 0.393 e. The Labute approximate surface area is 370 Å². The van der Waals surface area contributed by atoms with Gasteiger partial charge in [0, 0.05) is 6.54 Å². The lowest BCUT2D eigenvalue weighted by Gasteiger charge is -2.24. The van der Waals surface area contributed by atoms with Crippen LogP contribution >= 0.6 is 7.82 Å².